The van der Waals surface area contributed by atoms with Crippen LogP contribution in [0.15, 0.2) is 48.5 Å². The Morgan fingerprint density at radius 1 is 1.04 bits per heavy atom. The van der Waals surface area contributed by atoms with Crippen LogP contribution in [-0.2, 0) is 16.1 Å². The van der Waals surface area contributed by atoms with Gasteiger partial charge in [-0.05, 0) is 43.7 Å². The highest BCUT2D eigenvalue weighted by atomic mass is 16.5. The number of rotatable bonds is 6. The summed E-state index contributed by atoms with van der Waals surface area (Å²) < 4.78 is 10.3. The number of amides is 1. The van der Waals surface area contributed by atoms with E-state index in [0.717, 1.165) is 16.9 Å². The van der Waals surface area contributed by atoms with Gasteiger partial charge in [0.15, 0.2) is 6.10 Å². The predicted molar refractivity (Wildman–Crippen MR) is 90.9 cm³/mol. The normalized spacial score (nSPS) is 11.5. The largest absolute Gasteiger partial charge is 0.497 e. The number of methoxy groups -OCH3 is 1. The third-order valence-corrected chi connectivity index (χ3v) is 3.57. The van der Waals surface area contributed by atoms with Gasteiger partial charge in [0.2, 0.25) is 0 Å². The van der Waals surface area contributed by atoms with Crippen molar-refractivity contribution in [3.8, 4) is 5.75 Å². The second-order valence-electron chi connectivity index (χ2n) is 5.48. The minimum atomic E-state index is -0.864. The average Bonchev–Trinajstić information content (AvgIpc) is 2.60. The van der Waals surface area contributed by atoms with E-state index in [1.165, 1.54) is 0 Å². The number of benzene rings is 2. The molecule has 0 bridgehead atoms. The molecule has 126 valence electrons. The number of aryl methyl sites for hydroxylation is 1. The zero-order valence-electron chi connectivity index (χ0n) is 14.0. The zero-order valence-corrected chi connectivity index (χ0v) is 14.0. The summed E-state index contributed by atoms with van der Waals surface area (Å²) in [5, 5.41) is 2.75. The van der Waals surface area contributed by atoms with Crippen LogP contribution in [-0.4, -0.2) is 25.1 Å². The molecule has 1 amide bonds. The van der Waals surface area contributed by atoms with Gasteiger partial charge in [0.1, 0.15) is 5.75 Å². The van der Waals surface area contributed by atoms with Crippen molar-refractivity contribution < 1.29 is 19.1 Å². The lowest BCUT2D eigenvalue weighted by molar-refractivity contribution is -0.129. The summed E-state index contributed by atoms with van der Waals surface area (Å²) in [4.78, 5) is 24.0. The van der Waals surface area contributed by atoms with E-state index >= 15 is 0 Å². The highest BCUT2D eigenvalue weighted by molar-refractivity contribution is 5.92. The van der Waals surface area contributed by atoms with Crippen molar-refractivity contribution in [2.75, 3.05) is 7.11 Å². The molecule has 2 aromatic carbocycles. The lowest BCUT2D eigenvalue weighted by atomic mass is 10.1. The van der Waals surface area contributed by atoms with Gasteiger partial charge >= 0.3 is 5.97 Å². The number of hydrogen-bond acceptors (Lipinski definition) is 4. The summed E-state index contributed by atoms with van der Waals surface area (Å²) in [6.45, 7) is 3.84. The molecule has 5 heteroatoms. The van der Waals surface area contributed by atoms with E-state index in [0.29, 0.717) is 12.1 Å². The molecular formula is C19H21NO4. The fourth-order valence-electron chi connectivity index (χ4n) is 2.05. The Balaban J connectivity index is 1.84. The SMILES string of the molecule is COc1ccc(CNC(=O)[C@H](C)OC(=O)c2ccc(C)cc2)cc1. The van der Waals surface area contributed by atoms with Crippen molar-refractivity contribution in [1.29, 1.82) is 0 Å². The maximum Gasteiger partial charge on any atom is 0.338 e. The highest BCUT2D eigenvalue weighted by Gasteiger charge is 2.18. The first-order chi connectivity index (χ1) is 11.5. The lowest BCUT2D eigenvalue weighted by Crippen LogP contribution is -2.35. The molecule has 0 saturated carbocycles. The summed E-state index contributed by atoms with van der Waals surface area (Å²) >= 11 is 0. The highest BCUT2D eigenvalue weighted by Crippen LogP contribution is 2.11. The monoisotopic (exact) mass is 327 g/mol. The van der Waals surface area contributed by atoms with Gasteiger partial charge in [-0.15, -0.1) is 0 Å². The Morgan fingerprint density at radius 3 is 2.25 bits per heavy atom. The molecule has 0 fully saturated rings. The van der Waals surface area contributed by atoms with Gasteiger partial charge in [0.05, 0.1) is 12.7 Å². The Bertz CT molecular complexity index is 692. The molecule has 5 nitrogen and oxygen atoms in total. The summed E-state index contributed by atoms with van der Waals surface area (Å²) in [5.41, 5.74) is 2.41. The van der Waals surface area contributed by atoms with E-state index in [1.54, 1.807) is 26.2 Å². The van der Waals surface area contributed by atoms with Crippen LogP contribution in [0.1, 0.15) is 28.4 Å². The van der Waals surface area contributed by atoms with Crippen LogP contribution in [0.5, 0.6) is 5.75 Å². The van der Waals surface area contributed by atoms with Crippen LogP contribution >= 0.6 is 0 Å². The number of nitrogens with one attached hydrogen (secondary N) is 1. The van der Waals surface area contributed by atoms with Crippen LogP contribution in [0.2, 0.25) is 0 Å². The summed E-state index contributed by atoms with van der Waals surface area (Å²) in [6, 6.07) is 14.4. The predicted octanol–water partition coefficient (Wildman–Crippen LogP) is 2.87. The smallest absolute Gasteiger partial charge is 0.338 e. The van der Waals surface area contributed by atoms with Crippen molar-refractivity contribution in [2.45, 2.75) is 26.5 Å². The van der Waals surface area contributed by atoms with Crippen LogP contribution in [0, 0.1) is 6.92 Å². The minimum absolute atomic E-state index is 0.341. The molecule has 0 unspecified atom stereocenters. The quantitative estimate of drug-likeness (QED) is 0.829. The zero-order chi connectivity index (χ0) is 17.5. The van der Waals surface area contributed by atoms with Gasteiger partial charge in [0.25, 0.3) is 5.91 Å². The molecule has 0 radical (unpaired) electrons. The van der Waals surface area contributed by atoms with Crippen LogP contribution < -0.4 is 10.1 Å². The van der Waals surface area contributed by atoms with Gasteiger partial charge in [-0.2, -0.15) is 0 Å². The molecule has 2 rings (SSSR count). The topological polar surface area (TPSA) is 64.6 Å². The molecule has 24 heavy (non-hydrogen) atoms. The van der Waals surface area contributed by atoms with Gasteiger partial charge < -0.3 is 14.8 Å². The molecule has 0 spiro atoms. The summed E-state index contributed by atoms with van der Waals surface area (Å²) in [7, 11) is 1.60. The maximum absolute atomic E-state index is 12.0. The standard InChI is InChI=1S/C19H21NO4/c1-13-4-8-16(9-5-13)19(22)24-14(2)18(21)20-12-15-6-10-17(23-3)11-7-15/h4-11,14H,12H2,1-3H3,(H,20,21)/t14-/m0/s1. The van der Waals surface area contributed by atoms with Crippen LogP contribution in [0.3, 0.4) is 0 Å². The number of hydrogen-bond donors (Lipinski definition) is 1. The Labute approximate surface area is 141 Å². The third kappa shape index (κ3) is 4.84. The fourth-order valence-corrected chi connectivity index (χ4v) is 2.05. The maximum atomic E-state index is 12.0. The molecule has 0 aromatic heterocycles. The van der Waals surface area contributed by atoms with Crippen molar-refractivity contribution in [1.82, 2.24) is 5.32 Å². The molecule has 1 N–H and O–H groups in total. The molecule has 0 saturated heterocycles. The van der Waals surface area contributed by atoms with Gasteiger partial charge in [-0.1, -0.05) is 29.8 Å². The number of carbonyl (C=O) groups excluding carboxylic acids is 2. The molecule has 0 heterocycles. The first-order valence-corrected chi connectivity index (χ1v) is 7.68. The van der Waals surface area contributed by atoms with E-state index < -0.39 is 12.1 Å². The van der Waals surface area contributed by atoms with Gasteiger partial charge in [0, 0.05) is 6.54 Å². The van der Waals surface area contributed by atoms with E-state index in [9.17, 15) is 9.59 Å². The fraction of sp³-hybridized carbons (Fsp3) is 0.263. The molecule has 1 atom stereocenters. The average molecular weight is 327 g/mol. The van der Waals surface area contributed by atoms with E-state index in [1.807, 2.05) is 43.3 Å². The number of esters is 1. The van der Waals surface area contributed by atoms with Gasteiger partial charge in [-0.3, -0.25) is 4.79 Å². The Morgan fingerprint density at radius 2 is 1.67 bits per heavy atom. The van der Waals surface area contributed by atoms with E-state index in [-0.39, 0.29) is 5.91 Å². The second-order valence-corrected chi connectivity index (χ2v) is 5.48. The number of ether oxygens (including phenoxy) is 2. The van der Waals surface area contributed by atoms with Crippen molar-refractivity contribution in [3.63, 3.8) is 0 Å². The van der Waals surface area contributed by atoms with E-state index in [2.05, 4.69) is 5.32 Å². The summed E-state index contributed by atoms with van der Waals surface area (Å²) in [5.74, 6) is -0.0983. The van der Waals surface area contributed by atoms with Gasteiger partial charge in [-0.25, -0.2) is 4.79 Å². The number of carbonyl (C=O) groups is 2. The molecule has 0 aliphatic rings. The Kier molecular flexibility index (Phi) is 5.95. The molecular weight excluding hydrogens is 306 g/mol. The van der Waals surface area contributed by atoms with Crippen molar-refractivity contribution in [2.24, 2.45) is 0 Å². The molecule has 2 aromatic rings. The van der Waals surface area contributed by atoms with Crippen LogP contribution in [0.4, 0.5) is 0 Å². The minimum Gasteiger partial charge on any atom is -0.497 e. The van der Waals surface area contributed by atoms with E-state index in [4.69, 9.17) is 9.47 Å². The summed E-state index contributed by atoms with van der Waals surface area (Å²) in [6.07, 6.45) is -0.864. The second kappa shape index (κ2) is 8.15. The first kappa shape index (κ1) is 17.5. The third-order valence-electron chi connectivity index (χ3n) is 3.57. The Hall–Kier alpha value is -2.82. The van der Waals surface area contributed by atoms with Crippen molar-refractivity contribution >= 4 is 11.9 Å². The van der Waals surface area contributed by atoms with Crippen molar-refractivity contribution in [3.05, 3.63) is 65.2 Å². The molecule has 0 aliphatic carbocycles. The lowest BCUT2D eigenvalue weighted by Gasteiger charge is -2.14. The first-order valence-electron chi connectivity index (χ1n) is 7.68. The van der Waals surface area contributed by atoms with Crippen LogP contribution in [0.25, 0.3) is 0 Å². The molecule has 0 aliphatic heterocycles.